The fourth-order valence-corrected chi connectivity index (χ4v) is 3.53. The van der Waals surface area contributed by atoms with Crippen LogP contribution in [0.3, 0.4) is 0 Å². The Hall–Kier alpha value is -2.93. The molecule has 1 aliphatic rings. The van der Waals surface area contributed by atoms with E-state index in [9.17, 15) is 0 Å². The standard InChI is InChI=1S/C21H25N5O2/c1-15-12-20(28-19-6-4-18(27-3)5-7-19)24-21(23-15)16-9-11-26(13-16)14-17-8-10-22-25(17)2/h4-8,10,12,16H,9,11,13-14H2,1-3H3/t16-/m1/s1. The first-order valence-electron chi connectivity index (χ1n) is 9.47. The van der Waals surface area contributed by atoms with Gasteiger partial charge in [0.25, 0.3) is 0 Å². The molecule has 1 aromatic carbocycles. The quantitative estimate of drug-likeness (QED) is 0.655. The topological polar surface area (TPSA) is 65.3 Å². The summed E-state index contributed by atoms with van der Waals surface area (Å²) in [4.78, 5) is 11.8. The normalized spacial score (nSPS) is 17.0. The predicted molar refractivity (Wildman–Crippen MR) is 106 cm³/mol. The maximum absolute atomic E-state index is 5.95. The van der Waals surface area contributed by atoms with E-state index in [0.717, 1.165) is 49.1 Å². The fourth-order valence-electron chi connectivity index (χ4n) is 3.53. The third-order valence-corrected chi connectivity index (χ3v) is 5.08. The van der Waals surface area contributed by atoms with Gasteiger partial charge in [-0.2, -0.15) is 10.1 Å². The Kier molecular flexibility index (Phi) is 5.25. The Labute approximate surface area is 164 Å². The molecule has 3 heterocycles. The molecule has 0 spiro atoms. The summed E-state index contributed by atoms with van der Waals surface area (Å²) in [7, 11) is 3.63. The van der Waals surface area contributed by atoms with Crippen molar-refractivity contribution in [3.05, 3.63) is 59.8 Å². The number of likely N-dealkylation sites (tertiary alicyclic amines) is 1. The van der Waals surface area contributed by atoms with E-state index in [-0.39, 0.29) is 0 Å². The number of aryl methyl sites for hydroxylation is 2. The summed E-state index contributed by atoms with van der Waals surface area (Å²) < 4.78 is 13.1. The first-order valence-corrected chi connectivity index (χ1v) is 9.47. The molecule has 1 atom stereocenters. The monoisotopic (exact) mass is 379 g/mol. The van der Waals surface area contributed by atoms with Crippen molar-refractivity contribution in [2.45, 2.75) is 25.8 Å². The molecule has 7 nitrogen and oxygen atoms in total. The van der Waals surface area contributed by atoms with Crippen LogP contribution in [0.1, 0.15) is 29.6 Å². The van der Waals surface area contributed by atoms with Crippen molar-refractivity contribution in [2.24, 2.45) is 7.05 Å². The molecule has 1 aliphatic heterocycles. The molecule has 1 fully saturated rings. The van der Waals surface area contributed by atoms with E-state index < -0.39 is 0 Å². The lowest BCUT2D eigenvalue weighted by Crippen LogP contribution is -2.21. The molecular formula is C21H25N5O2. The lowest BCUT2D eigenvalue weighted by molar-refractivity contribution is 0.315. The molecule has 4 rings (SSSR count). The number of methoxy groups -OCH3 is 1. The van der Waals surface area contributed by atoms with E-state index in [2.05, 4.69) is 21.0 Å². The van der Waals surface area contributed by atoms with Crippen LogP contribution in [-0.4, -0.2) is 44.8 Å². The van der Waals surface area contributed by atoms with Gasteiger partial charge in [-0.1, -0.05) is 0 Å². The molecule has 146 valence electrons. The van der Waals surface area contributed by atoms with Crippen LogP contribution < -0.4 is 9.47 Å². The minimum atomic E-state index is 0.311. The molecule has 28 heavy (non-hydrogen) atoms. The Morgan fingerprint density at radius 1 is 1.11 bits per heavy atom. The molecule has 0 bridgehead atoms. The zero-order chi connectivity index (χ0) is 19.5. The lowest BCUT2D eigenvalue weighted by Gasteiger charge is -2.16. The van der Waals surface area contributed by atoms with Crippen molar-refractivity contribution in [3.8, 4) is 17.4 Å². The molecule has 0 radical (unpaired) electrons. The minimum absolute atomic E-state index is 0.311. The summed E-state index contributed by atoms with van der Waals surface area (Å²) in [5.74, 6) is 3.28. The number of hydrogen-bond donors (Lipinski definition) is 0. The van der Waals surface area contributed by atoms with Gasteiger partial charge in [-0.05, 0) is 50.2 Å². The van der Waals surface area contributed by atoms with Gasteiger partial charge >= 0.3 is 0 Å². The van der Waals surface area contributed by atoms with Crippen molar-refractivity contribution < 1.29 is 9.47 Å². The van der Waals surface area contributed by atoms with Crippen molar-refractivity contribution >= 4 is 0 Å². The van der Waals surface area contributed by atoms with Crippen LogP contribution >= 0.6 is 0 Å². The Bertz CT molecular complexity index is 938. The van der Waals surface area contributed by atoms with Crippen molar-refractivity contribution in [1.29, 1.82) is 0 Å². The lowest BCUT2D eigenvalue weighted by atomic mass is 10.1. The highest BCUT2D eigenvalue weighted by molar-refractivity contribution is 5.34. The first kappa shape index (κ1) is 18.4. The third-order valence-electron chi connectivity index (χ3n) is 5.08. The minimum Gasteiger partial charge on any atom is -0.497 e. The summed E-state index contributed by atoms with van der Waals surface area (Å²) in [6, 6.07) is 11.4. The van der Waals surface area contributed by atoms with Crippen LogP contribution in [-0.2, 0) is 13.6 Å². The molecule has 0 saturated carbocycles. The molecule has 1 saturated heterocycles. The van der Waals surface area contributed by atoms with Gasteiger partial charge in [0.2, 0.25) is 5.88 Å². The molecule has 0 amide bonds. The Morgan fingerprint density at radius 3 is 2.61 bits per heavy atom. The zero-order valence-corrected chi connectivity index (χ0v) is 16.5. The van der Waals surface area contributed by atoms with Crippen LogP contribution in [0.15, 0.2) is 42.6 Å². The molecule has 0 unspecified atom stereocenters. The van der Waals surface area contributed by atoms with Crippen molar-refractivity contribution in [2.75, 3.05) is 20.2 Å². The fraction of sp³-hybridized carbons (Fsp3) is 0.381. The average molecular weight is 379 g/mol. The van der Waals surface area contributed by atoms with Crippen LogP contribution in [0, 0.1) is 6.92 Å². The molecule has 2 aromatic heterocycles. The Balaban J connectivity index is 1.45. The third kappa shape index (κ3) is 4.14. The van der Waals surface area contributed by atoms with Crippen LogP contribution in [0.5, 0.6) is 17.4 Å². The van der Waals surface area contributed by atoms with Crippen LogP contribution in [0.4, 0.5) is 0 Å². The summed E-state index contributed by atoms with van der Waals surface area (Å²) in [5, 5.41) is 4.25. The largest absolute Gasteiger partial charge is 0.497 e. The van der Waals surface area contributed by atoms with E-state index in [0.29, 0.717) is 11.8 Å². The molecule has 3 aromatic rings. The maximum Gasteiger partial charge on any atom is 0.222 e. The number of aromatic nitrogens is 4. The second-order valence-corrected chi connectivity index (χ2v) is 7.15. The Morgan fingerprint density at radius 2 is 1.89 bits per heavy atom. The van der Waals surface area contributed by atoms with E-state index in [1.165, 1.54) is 5.69 Å². The highest BCUT2D eigenvalue weighted by atomic mass is 16.5. The van der Waals surface area contributed by atoms with Gasteiger partial charge in [0.1, 0.15) is 17.3 Å². The van der Waals surface area contributed by atoms with Gasteiger partial charge in [-0.3, -0.25) is 9.58 Å². The smallest absolute Gasteiger partial charge is 0.222 e. The van der Waals surface area contributed by atoms with Crippen molar-refractivity contribution in [1.82, 2.24) is 24.6 Å². The van der Waals surface area contributed by atoms with E-state index in [4.69, 9.17) is 14.5 Å². The van der Waals surface area contributed by atoms with Gasteiger partial charge in [0, 0.05) is 44.0 Å². The second kappa shape index (κ2) is 7.98. The second-order valence-electron chi connectivity index (χ2n) is 7.15. The predicted octanol–water partition coefficient (Wildman–Crippen LogP) is 3.31. The highest BCUT2D eigenvalue weighted by Gasteiger charge is 2.27. The summed E-state index contributed by atoms with van der Waals surface area (Å²) in [6.07, 6.45) is 2.89. The maximum atomic E-state index is 5.95. The van der Waals surface area contributed by atoms with Gasteiger partial charge < -0.3 is 9.47 Å². The van der Waals surface area contributed by atoms with Crippen LogP contribution in [0.2, 0.25) is 0 Å². The summed E-state index contributed by atoms with van der Waals surface area (Å²) in [6.45, 7) is 4.85. The highest BCUT2D eigenvalue weighted by Crippen LogP contribution is 2.29. The van der Waals surface area contributed by atoms with E-state index in [1.54, 1.807) is 7.11 Å². The number of benzene rings is 1. The molecule has 0 N–H and O–H groups in total. The number of nitrogens with zero attached hydrogens (tertiary/aromatic N) is 5. The van der Waals surface area contributed by atoms with Crippen molar-refractivity contribution in [3.63, 3.8) is 0 Å². The molecule has 0 aliphatic carbocycles. The summed E-state index contributed by atoms with van der Waals surface area (Å²) in [5.41, 5.74) is 2.13. The number of hydrogen-bond acceptors (Lipinski definition) is 6. The van der Waals surface area contributed by atoms with Gasteiger partial charge in [-0.25, -0.2) is 4.98 Å². The molecule has 7 heteroatoms. The molecular weight excluding hydrogens is 354 g/mol. The van der Waals surface area contributed by atoms with Gasteiger partial charge in [0.15, 0.2) is 0 Å². The SMILES string of the molecule is COc1ccc(Oc2cc(C)nc([C@@H]3CCN(Cc4ccnn4C)C3)n2)cc1. The van der Waals surface area contributed by atoms with Crippen LogP contribution in [0.25, 0.3) is 0 Å². The van der Waals surface area contributed by atoms with Gasteiger partial charge in [-0.15, -0.1) is 0 Å². The first-order chi connectivity index (χ1) is 13.6. The number of ether oxygens (including phenoxy) is 2. The van der Waals surface area contributed by atoms with E-state index in [1.807, 2.05) is 55.2 Å². The van der Waals surface area contributed by atoms with E-state index >= 15 is 0 Å². The van der Waals surface area contributed by atoms with Gasteiger partial charge in [0.05, 0.1) is 12.8 Å². The average Bonchev–Trinajstić information content (AvgIpc) is 3.32. The zero-order valence-electron chi connectivity index (χ0n) is 16.5. The number of rotatable bonds is 6. The summed E-state index contributed by atoms with van der Waals surface area (Å²) >= 11 is 0.